The van der Waals surface area contributed by atoms with Crippen LogP contribution in [-0.4, -0.2) is 92.4 Å². The zero-order valence-electron chi connectivity index (χ0n) is 57.2. The Bertz CT molecular complexity index is 5860. The van der Waals surface area contributed by atoms with E-state index in [1.807, 2.05) is 96.1 Å². The number of carbonyl (C=O) groups is 5. The summed E-state index contributed by atoms with van der Waals surface area (Å²) >= 11 is 14.7. The average molecular weight is 2090 g/mol. The van der Waals surface area contributed by atoms with Gasteiger partial charge in [-0.25, -0.2) is 9.59 Å². The molecule has 8 aromatic carbocycles. The van der Waals surface area contributed by atoms with E-state index < -0.39 is 46.2 Å². The number of nitriles is 3. The van der Waals surface area contributed by atoms with Gasteiger partial charge in [0.05, 0.1) is 96.3 Å². The zero-order chi connectivity index (χ0) is 78.2. The van der Waals surface area contributed by atoms with Crippen LogP contribution in [0.1, 0.15) is 199 Å². The highest BCUT2D eigenvalue weighted by molar-refractivity contribution is 14.1. The first kappa shape index (κ1) is 116. The van der Waals surface area contributed by atoms with Crippen molar-refractivity contribution in [2.24, 2.45) is 17.2 Å². The number of hydrogen-bond acceptors (Lipinski definition) is 22. The molecule has 0 bridgehead atoms. The number of carboxylic acid groups (broad SMARTS) is 1. The quantitative estimate of drug-likeness (QED) is 0.0349. The maximum atomic E-state index is 12.2. The molecule has 5 heterocycles. The molecule has 13 N–H and O–H groups in total. The number of nitrogens with zero attached hydrogens (tertiary/aromatic N) is 11. The van der Waals surface area contributed by atoms with E-state index in [0.29, 0.717) is 88.9 Å². The maximum absolute atomic E-state index is 12.2. The number of fused-ring (bicyclic) bond motifs is 5. The molecule has 119 heavy (non-hydrogen) atoms. The van der Waals surface area contributed by atoms with Crippen LogP contribution in [0.15, 0.2) is 143 Å². The molecule has 0 aliphatic rings. The number of halogens is 5. The van der Waals surface area contributed by atoms with Gasteiger partial charge in [0.1, 0.15) is 0 Å². The van der Waals surface area contributed by atoms with E-state index in [1.54, 1.807) is 91.9 Å². The Morgan fingerprint density at radius 1 is 0.445 bits per heavy atom. The molecule has 0 saturated carbocycles. The Hall–Kier alpha value is -11.5. The van der Waals surface area contributed by atoms with Gasteiger partial charge in [-0.05, 0) is 276 Å². The number of nitrogens with two attached hydrogens (primary N) is 4. The first-order valence-electron chi connectivity index (χ1n) is 31.2. The van der Waals surface area contributed by atoms with Crippen LogP contribution in [0.2, 0.25) is 5.02 Å². The van der Waals surface area contributed by atoms with Crippen molar-refractivity contribution in [2.75, 3.05) is 23.0 Å². The van der Waals surface area contributed by atoms with Gasteiger partial charge >= 0.3 is 11.9 Å². The van der Waals surface area contributed by atoms with Crippen LogP contribution in [0.5, 0.6) is 0 Å². The van der Waals surface area contributed by atoms with Gasteiger partial charge in [-0.1, -0.05) is 131 Å². The molecule has 0 saturated heterocycles. The predicted molar refractivity (Wildman–Crippen MR) is 521 cm³/mol. The number of rotatable bonds is 10. The second-order valence-corrected chi connectivity index (χ2v) is 28.4. The number of H-pyrrole nitrogens is 2. The van der Waals surface area contributed by atoms with E-state index >= 15 is 0 Å². The van der Waals surface area contributed by atoms with Gasteiger partial charge in [0.25, 0.3) is 17.7 Å². The minimum atomic E-state index is -1.32. The summed E-state index contributed by atoms with van der Waals surface area (Å²) in [6, 6.07) is 45.8. The SMILES string of the molecule is C.C.C.C.C.C.C.C.C.C.C.C.CCOC(=O)c1n[nH]c2c(C)cc(I)cc2c1=O.Cc1cc(C)c2nnc(C(N)=O)c(Nc3cccc(C#N)c3)c2c1.Cc1cc(I)cc2c(=O)c(C(=O)O)n[nH]c12.Cc1cc(I)cc2c(Cl)c(C(N)=O)nnc12.Cc1cc(I)cc2c(Nc3cccc(C#N)c3)c(C(N)=O)nnc12.N#Cc1cccc(N)c1. The van der Waals surface area contributed by atoms with Crippen molar-refractivity contribution in [1.82, 2.24) is 51.0 Å². The number of aryl methyl sites for hydroxylation is 6. The standard InChI is InChI=1S/C18H15N5O.C17H12IN5O.C12H11IN2O3.C10H7ClIN3O.C10H7IN2O3.C7H6N2.12CH4/c1-10-6-11(2)15-14(7-10)16(17(18(20)24)23-22-15)21-13-5-3-4-12(8-13)9-19;1-9-5-11(18)7-13-14(9)22-23-16(17(20)24)15(13)21-12-4-2-3-10(6-12)8-19;1-3-18-12(17)10-11(16)8-5-7(13)4-6(2)9(8)14-15-10;1-4-2-5(12)3-6-7(11)9(10(13)16)15-14-8(4)6;1-4-2-5(11)3-6-7(4)12-13-8(9(6)14)10(15)16;8-5-6-2-1-3-7(9)4-6;;;;;;;;;;;;/h3-8H,1-2H3,(H2,20,24)(H,21,22);2-7H,1H3,(H2,20,24)(H,21,22);4-5H,3H2,1-2H3,(H,14,16);2-3H,1H3,(H2,13,16);2-3H,1H3,(H,12,14)(H,15,16);1-4H,9H2;12*1H4. The molecule has 28 nitrogen and oxygen atoms in total. The Balaban J connectivity index is -0.000000436. The Labute approximate surface area is 756 Å². The fourth-order valence-electron chi connectivity index (χ4n) is 10.4. The lowest BCUT2D eigenvalue weighted by molar-refractivity contribution is 0.0515. The second kappa shape index (κ2) is 52.3. The number of amides is 3. The van der Waals surface area contributed by atoms with Crippen molar-refractivity contribution in [3.05, 3.63) is 252 Å². The molecule has 13 rings (SSSR count). The van der Waals surface area contributed by atoms with E-state index in [9.17, 15) is 33.6 Å². The van der Waals surface area contributed by atoms with Crippen LogP contribution in [0.25, 0.3) is 54.5 Å². The summed E-state index contributed by atoms with van der Waals surface area (Å²) in [5.74, 6) is -4.02. The molecule has 33 heteroatoms. The number of primary amides is 3. The fraction of sp³-hybridized carbons (Fsp3) is 0.233. The van der Waals surface area contributed by atoms with Crippen LogP contribution >= 0.6 is 102 Å². The van der Waals surface area contributed by atoms with E-state index in [-0.39, 0.29) is 124 Å². The Morgan fingerprint density at radius 3 is 1.16 bits per heavy atom. The number of aromatic nitrogens is 10. The topological polar surface area (TPSA) is 483 Å². The van der Waals surface area contributed by atoms with Gasteiger partial charge in [0.2, 0.25) is 22.2 Å². The molecule has 0 unspecified atom stereocenters. The number of benzene rings is 8. The number of ether oxygens (including phenoxy) is 1. The number of carboxylic acids is 1. The van der Waals surface area contributed by atoms with Gasteiger partial charge in [0, 0.05) is 47.5 Å². The lowest BCUT2D eigenvalue weighted by Crippen LogP contribution is -2.21. The third kappa shape index (κ3) is 28.9. The molecule has 0 fully saturated rings. The van der Waals surface area contributed by atoms with E-state index in [1.165, 1.54) is 0 Å². The molecule has 5 aromatic heterocycles. The van der Waals surface area contributed by atoms with Crippen LogP contribution < -0.4 is 44.4 Å². The molecule has 3 amide bonds. The summed E-state index contributed by atoms with van der Waals surface area (Å²) in [6.07, 6.45) is 0. The monoisotopic (exact) mass is 2090 g/mol. The summed E-state index contributed by atoms with van der Waals surface area (Å²) in [5.41, 5.74) is 33.5. The molecular weight excluding hydrogens is 1990 g/mol. The summed E-state index contributed by atoms with van der Waals surface area (Å²) in [7, 11) is 0. The van der Waals surface area contributed by atoms with Gasteiger partial charge in [-0.3, -0.25) is 34.2 Å². The van der Waals surface area contributed by atoms with E-state index in [4.69, 9.17) is 60.2 Å². The number of hydrogen-bond donors (Lipinski definition) is 9. The van der Waals surface area contributed by atoms with Gasteiger partial charge < -0.3 is 43.4 Å². The normalized spacial score (nSPS) is 9.29. The Kier molecular flexibility index (Phi) is 51.0. The first-order chi connectivity index (χ1) is 50.9. The first-order valence-corrected chi connectivity index (χ1v) is 35.9. The van der Waals surface area contributed by atoms with Crippen LogP contribution in [0, 0.1) is 89.8 Å². The third-order valence-electron chi connectivity index (χ3n) is 15.2. The summed E-state index contributed by atoms with van der Waals surface area (Å²) in [5, 5.41) is 81.5. The summed E-state index contributed by atoms with van der Waals surface area (Å²) in [6.45, 7) is 13.4. The van der Waals surface area contributed by atoms with E-state index in [0.717, 1.165) is 58.4 Å². The predicted octanol–water partition coefficient (Wildman–Crippen LogP) is 20.8. The lowest BCUT2D eigenvalue weighted by atomic mass is 10.0. The maximum Gasteiger partial charge on any atom is 0.362 e. The molecule has 0 radical (unpaired) electrons. The van der Waals surface area contributed by atoms with Crippen LogP contribution in [0.4, 0.5) is 28.4 Å². The molecule has 13 aromatic rings. The molecule has 0 atom stereocenters. The highest BCUT2D eigenvalue weighted by atomic mass is 127. The molecule has 634 valence electrons. The number of nitrogen functional groups attached to an aromatic ring is 1. The highest BCUT2D eigenvalue weighted by Crippen LogP contribution is 2.34. The number of aromatic amines is 2. The van der Waals surface area contributed by atoms with Gasteiger partial charge in [0.15, 0.2) is 17.1 Å². The second-order valence-electron chi connectivity index (χ2n) is 23.0. The number of esters is 1. The largest absolute Gasteiger partial charge is 0.476 e. The lowest BCUT2D eigenvalue weighted by Gasteiger charge is -2.14. The number of carbonyl (C=O) groups excluding carboxylic acids is 4. The minimum Gasteiger partial charge on any atom is -0.476 e. The van der Waals surface area contributed by atoms with Crippen LogP contribution in [0.3, 0.4) is 0 Å². The molecule has 0 aliphatic carbocycles. The average Bonchev–Trinajstić information content (AvgIpc) is 0.796. The fourth-order valence-corrected chi connectivity index (χ4v) is 13.8. The van der Waals surface area contributed by atoms with Crippen molar-refractivity contribution in [3.63, 3.8) is 0 Å². The smallest absolute Gasteiger partial charge is 0.362 e. The molecule has 0 spiro atoms. The van der Waals surface area contributed by atoms with Gasteiger partial charge in [-0.2, -0.15) is 26.0 Å². The Morgan fingerprint density at radius 2 is 0.782 bits per heavy atom. The van der Waals surface area contributed by atoms with Crippen molar-refractivity contribution in [3.8, 4) is 18.2 Å². The van der Waals surface area contributed by atoms with E-state index in [2.05, 4.69) is 164 Å². The highest BCUT2D eigenvalue weighted by Gasteiger charge is 2.22. The summed E-state index contributed by atoms with van der Waals surface area (Å²) in [4.78, 5) is 80.9. The minimum absolute atomic E-state index is 0. The molecular formula is C86H106ClI4N19O9. The third-order valence-corrected chi connectivity index (χ3v) is 18.0. The number of nitrogens with one attached hydrogen (secondary N) is 4. The van der Waals surface area contributed by atoms with Crippen molar-refractivity contribution in [1.29, 1.82) is 15.8 Å². The van der Waals surface area contributed by atoms with Crippen molar-refractivity contribution >= 4 is 215 Å². The number of anilines is 5. The van der Waals surface area contributed by atoms with Crippen LogP contribution in [-0.2, 0) is 4.74 Å². The van der Waals surface area contributed by atoms with Crippen molar-refractivity contribution in [2.45, 2.75) is 138 Å². The van der Waals surface area contributed by atoms with Crippen molar-refractivity contribution < 1.29 is 33.8 Å². The number of aromatic carboxylic acids is 1. The van der Waals surface area contributed by atoms with Gasteiger partial charge in [-0.15, -0.1) is 30.6 Å². The summed E-state index contributed by atoms with van der Waals surface area (Å²) < 4.78 is 8.64. The zero-order valence-corrected chi connectivity index (χ0v) is 66.6. The molecule has 0 aliphatic heterocycles.